The number of carbonyl (C=O) groups excluding carboxylic acids is 2. The Morgan fingerprint density at radius 3 is 2.73 bits per heavy atom. The molecule has 0 saturated heterocycles. The largest absolute Gasteiger partial charge is 0.493 e. The molecule has 1 aromatic rings. The summed E-state index contributed by atoms with van der Waals surface area (Å²) in [6, 6.07) is 7.09. The molecule has 0 unspecified atom stereocenters. The zero-order valence-electron chi connectivity index (χ0n) is 13.6. The van der Waals surface area contributed by atoms with Gasteiger partial charge >= 0.3 is 5.97 Å². The van der Waals surface area contributed by atoms with E-state index in [0.29, 0.717) is 49.8 Å². The molecule has 0 fully saturated rings. The average molecular weight is 307 g/mol. The summed E-state index contributed by atoms with van der Waals surface area (Å²) in [4.78, 5) is 23.2. The first-order chi connectivity index (χ1) is 10.5. The maximum Gasteiger partial charge on any atom is 0.305 e. The second-order valence-corrected chi connectivity index (χ2v) is 5.40. The molecule has 0 aliphatic rings. The first-order valence-electron chi connectivity index (χ1n) is 7.69. The van der Waals surface area contributed by atoms with E-state index in [1.807, 2.05) is 6.07 Å². The monoisotopic (exact) mass is 307 g/mol. The lowest BCUT2D eigenvalue weighted by Crippen LogP contribution is -2.25. The van der Waals surface area contributed by atoms with Crippen LogP contribution in [0.15, 0.2) is 24.3 Å². The van der Waals surface area contributed by atoms with Crippen molar-refractivity contribution in [3.05, 3.63) is 29.8 Å². The van der Waals surface area contributed by atoms with Gasteiger partial charge in [0.1, 0.15) is 5.75 Å². The van der Waals surface area contributed by atoms with Crippen LogP contribution in [0.4, 0.5) is 0 Å². The standard InChI is InChI=1S/C17H25NO4/c1-4-21-16(19)9-6-10-18-17(20)14-7-5-8-15(11-14)22-12-13(2)3/h5,7-8,11,13H,4,6,9-10,12H2,1-3H3,(H,18,20). The van der Waals surface area contributed by atoms with Gasteiger partial charge in [0.25, 0.3) is 5.91 Å². The second-order valence-electron chi connectivity index (χ2n) is 5.40. The number of hydrogen-bond acceptors (Lipinski definition) is 4. The molecule has 0 atom stereocenters. The molecule has 1 aromatic carbocycles. The summed E-state index contributed by atoms with van der Waals surface area (Å²) in [5, 5.41) is 2.79. The lowest BCUT2D eigenvalue weighted by atomic mass is 10.2. The predicted octanol–water partition coefficient (Wildman–Crippen LogP) is 2.79. The van der Waals surface area contributed by atoms with E-state index in [-0.39, 0.29) is 11.9 Å². The molecular weight excluding hydrogens is 282 g/mol. The molecule has 1 amide bonds. The van der Waals surface area contributed by atoms with E-state index >= 15 is 0 Å². The predicted molar refractivity (Wildman–Crippen MR) is 85.0 cm³/mol. The molecule has 0 aromatic heterocycles. The molecule has 0 spiro atoms. The van der Waals surface area contributed by atoms with Crippen LogP contribution in [0.25, 0.3) is 0 Å². The topological polar surface area (TPSA) is 64.6 Å². The van der Waals surface area contributed by atoms with Crippen LogP contribution in [0.2, 0.25) is 0 Å². The van der Waals surface area contributed by atoms with Gasteiger partial charge in [-0.15, -0.1) is 0 Å². The van der Waals surface area contributed by atoms with Crippen LogP contribution < -0.4 is 10.1 Å². The fraction of sp³-hybridized carbons (Fsp3) is 0.529. The Labute approximate surface area is 132 Å². The van der Waals surface area contributed by atoms with Crippen LogP contribution >= 0.6 is 0 Å². The van der Waals surface area contributed by atoms with Gasteiger partial charge in [0, 0.05) is 18.5 Å². The Balaban J connectivity index is 2.38. The van der Waals surface area contributed by atoms with Gasteiger partial charge in [0.2, 0.25) is 0 Å². The van der Waals surface area contributed by atoms with Gasteiger partial charge in [-0.05, 0) is 37.5 Å². The van der Waals surface area contributed by atoms with Crippen molar-refractivity contribution < 1.29 is 19.1 Å². The summed E-state index contributed by atoms with van der Waals surface area (Å²) >= 11 is 0. The van der Waals surface area contributed by atoms with E-state index < -0.39 is 0 Å². The van der Waals surface area contributed by atoms with Gasteiger partial charge in [-0.2, -0.15) is 0 Å². The Morgan fingerprint density at radius 1 is 1.27 bits per heavy atom. The molecule has 1 rings (SSSR count). The highest BCUT2D eigenvalue weighted by atomic mass is 16.5. The summed E-state index contributed by atoms with van der Waals surface area (Å²) in [6.45, 7) is 7.35. The highest BCUT2D eigenvalue weighted by Gasteiger charge is 2.07. The maximum absolute atomic E-state index is 12.0. The molecule has 5 heteroatoms. The van der Waals surface area contributed by atoms with Gasteiger partial charge in [0.05, 0.1) is 13.2 Å². The molecule has 1 N–H and O–H groups in total. The van der Waals surface area contributed by atoms with Gasteiger partial charge in [-0.1, -0.05) is 19.9 Å². The van der Waals surface area contributed by atoms with E-state index in [4.69, 9.17) is 9.47 Å². The Bertz CT molecular complexity index is 485. The average Bonchev–Trinajstić information content (AvgIpc) is 2.50. The van der Waals surface area contributed by atoms with E-state index in [9.17, 15) is 9.59 Å². The molecule has 0 saturated carbocycles. The van der Waals surface area contributed by atoms with Gasteiger partial charge in [-0.25, -0.2) is 0 Å². The molecule has 0 radical (unpaired) electrons. The first kappa shape index (κ1) is 18.0. The fourth-order valence-electron chi connectivity index (χ4n) is 1.76. The van der Waals surface area contributed by atoms with Crippen molar-refractivity contribution in [1.29, 1.82) is 0 Å². The lowest BCUT2D eigenvalue weighted by molar-refractivity contribution is -0.143. The maximum atomic E-state index is 12.0. The third-order valence-electron chi connectivity index (χ3n) is 2.83. The highest BCUT2D eigenvalue weighted by Crippen LogP contribution is 2.14. The third kappa shape index (κ3) is 7.11. The van der Waals surface area contributed by atoms with E-state index in [0.717, 1.165) is 0 Å². The number of nitrogens with one attached hydrogen (secondary N) is 1. The van der Waals surface area contributed by atoms with E-state index in [1.165, 1.54) is 0 Å². The number of esters is 1. The van der Waals surface area contributed by atoms with Crippen LogP contribution in [0.5, 0.6) is 5.75 Å². The third-order valence-corrected chi connectivity index (χ3v) is 2.83. The Kier molecular flexibility index (Phi) is 8.04. The Hall–Kier alpha value is -2.04. The fourth-order valence-corrected chi connectivity index (χ4v) is 1.76. The minimum Gasteiger partial charge on any atom is -0.493 e. The van der Waals surface area contributed by atoms with Crippen LogP contribution in [-0.2, 0) is 9.53 Å². The number of rotatable bonds is 9. The van der Waals surface area contributed by atoms with E-state index in [1.54, 1.807) is 25.1 Å². The Morgan fingerprint density at radius 2 is 2.05 bits per heavy atom. The zero-order valence-corrected chi connectivity index (χ0v) is 13.6. The quantitative estimate of drug-likeness (QED) is 0.563. The van der Waals surface area contributed by atoms with Gasteiger partial charge in [0.15, 0.2) is 0 Å². The van der Waals surface area contributed by atoms with Crippen LogP contribution in [0.1, 0.15) is 44.0 Å². The number of hydrogen-bond donors (Lipinski definition) is 1. The van der Waals surface area contributed by atoms with Crippen molar-refractivity contribution >= 4 is 11.9 Å². The van der Waals surface area contributed by atoms with Gasteiger partial charge in [-0.3, -0.25) is 9.59 Å². The van der Waals surface area contributed by atoms with Crippen LogP contribution in [-0.4, -0.2) is 31.6 Å². The van der Waals surface area contributed by atoms with Crippen molar-refractivity contribution in [3.8, 4) is 5.75 Å². The van der Waals surface area contributed by atoms with Crippen molar-refractivity contribution in [3.63, 3.8) is 0 Å². The number of carbonyl (C=O) groups is 2. The summed E-state index contributed by atoms with van der Waals surface area (Å²) in [7, 11) is 0. The van der Waals surface area contributed by atoms with Crippen LogP contribution in [0, 0.1) is 5.92 Å². The molecule has 122 valence electrons. The summed E-state index contributed by atoms with van der Waals surface area (Å²) in [5.74, 6) is 0.716. The molecule has 0 bridgehead atoms. The van der Waals surface area contributed by atoms with Gasteiger partial charge < -0.3 is 14.8 Å². The number of amides is 1. The number of ether oxygens (including phenoxy) is 2. The minimum atomic E-state index is -0.235. The molecule has 0 heterocycles. The van der Waals surface area contributed by atoms with E-state index in [2.05, 4.69) is 19.2 Å². The molecule has 5 nitrogen and oxygen atoms in total. The normalized spacial score (nSPS) is 10.4. The summed E-state index contributed by atoms with van der Waals surface area (Å²) < 4.78 is 10.4. The molecule has 0 aliphatic heterocycles. The summed E-state index contributed by atoms with van der Waals surface area (Å²) in [6.07, 6.45) is 0.875. The molecule has 22 heavy (non-hydrogen) atoms. The first-order valence-corrected chi connectivity index (χ1v) is 7.69. The SMILES string of the molecule is CCOC(=O)CCCNC(=O)c1cccc(OCC(C)C)c1. The second kappa shape index (κ2) is 9.82. The molecular formula is C17H25NO4. The highest BCUT2D eigenvalue weighted by molar-refractivity contribution is 5.94. The van der Waals surface area contributed by atoms with Crippen molar-refractivity contribution in [2.24, 2.45) is 5.92 Å². The van der Waals surface area contributed by atoms with Crippen LogP contribution in [0.3, 0.4) is 0 Å². The lowest BCUT2D eigenvalue weighted by Gasteiger charge is -2.10. The van der Waals surface area contributed by atoms with Crippen molar-refractivity contribution in [1.82, 2.24) is 5.32 Å². The number of benzene rings is 1. The smallest absolute Gasteiger partial charge is 0.305 e. The minimum absolute atomic E-state index is 0.168. The zero-order chi connectivity index (χ0) is 16.4. The summed E-state index contributed by atoms with van der Waals surface area (Å²) in [5.41, 5.74) is 0.553. The molecule has 0 aliphatic carbocycles. The van der Waals surface area contributed by atoms with Crippen molar-refractivity contribution in [2.75, 3.05) is 19.8 Å². The van der Waals surface area contributed by atoms with Crippen molar-refractivity contribution in [2.45, 2.75) is 33.6 Å².